The molecule has 2 N–H and O–H groups in total. The van der Waals surface area contributed by atoms with Crippen LogP contribution in [-0.4, -0.2) is 32.6 Å². The van der Waals surface area contributed by atoms with Crippen LogP contribution in [-0.2, 0) is 13.6 Å². The van der Waals surface area contributed by atoms with Crippen LogP contribution in [0, 0.1) is 12.4 Å². The fourth-order valence-electron chi connectivity index (χ4n) is 3.45. The van der Waals surface area contributed by atoms with E-state index in [2.05, 4.69) is 14.9 Å². The van der Waals surface area contributed by atoms with Crippen molar-refractivity contribution in [2.45, 2.75) is 19.6 Å². The number of nitrogens with two attached hydrogens (primary N) is 1. The van der Waals surface area contributed by atoms with Crippen molar-refractivity contribution < 1.29 is 16.7 Å². The third-order valence-corrected chi connectivity index (χ3v) is 4.91. The summed E-state index contributed by atoms with van der Waals surface area (Å²) < 4.78 is 38.3. The molecule has 1 aliphatic rings. The van der Waals surface area contributed by atoms with Gasteiger partial charge in [-0.3, -0.25) is 4.79 Å². The molecule has 3 heterocycles. The molecule has 1 unspecified atom stereocenters. The molecule has 152 valence electrons. The Kier molecular flexibility index (Phi) is 4.05. The normalized spacial score (nSPS) is 16.8. The molecule has 2 bridgehead atoms. The van der Waals surface area contributed by atoms with Gasteiger partial charge in [0.2, 0.25) is 0 Å². The molecule has 0 aliphatic carbocycles. The van der Waals surface area contributed by atoms with Gasteiger partial charge in [0.05, 0.1) is 16.3 Å². The Morgan fingerprint density at radius 3 is 2.93 bits per heavy atom. The number of nitrogen functional groups attached to an aromatic ring is 1. The first-order valence-corrected chi connectivity index (χ1v) is 9.06. The lowest BCUT2D eigenvalue weighted by molar-refractivity contribution is 0.0778. The van der Waals surface area contributed by atoms with Crippen LogP contribution in [0.4, 0.5) is 16.0 Å². The number of hydrogen-bond donors (Lipinski definition) is 1. The molecule has 1 aliphatic heterocycles. The number of nitrogens with zero attached hydrogens (tertiary/aromatic N) is 5. The molecule has 2 aromatic heterocycles. The lowest BCUT2D eigenvalue weighted by Gasteiger charge is -2.23. The van der Waals surface area contributed by atoms with E-state index < -0.39 is 17.8 Å². The highest BCUT2D eigenvalue weighted by atomic mass is 19.1. The standard InChI is InChI=1S/C21H19FN6O2/c1-11-15-8-13(22)5-6-14(15)21(29)27(3)10-16-18(20(24-2)28(4)26-16)12-7-17(30-11)19(23)25-9-12/h5-9,11H,10H2,1,3-4H3,(H2,23,25)/i7D,9D. The first-order chi connectivity index (χ1) is 15.1. The van der Waals surface area contributed by atoms with Crippen LogP contribution in [0.15, 0.2) is 30.4 Å². The average molecular weight is 408 g/mol. The number of ether oxygens (including phenoxy) is 1. The molecule has 9 heteroatoms. The van der Waals surface area contributed by atoms with Gasteiger partial charge in [0, 0.05) is 29.9 Å². The van der Waals surface area contributed by atoms with Gasteiger partial charge in [-0.25, -0.2) is 14.1 Å². The minimum Gasteiger partial charge on any atom is -0.482 e. The number of aromatic nitrogens is 3. The number of anilines is 1. The van der Waals surface area contributed by atoms with Crippen LogP contribution in [0.2, 0.25) is 0 Å². The van der Waals surface area contributed by atoms with E-state index in [9.17, 15) is 9.18 Å². The molecular weight excluding hydrogens is 387 g/mol. The molecule has 0 fully saturated rings. The highest BCUT2D eigenvalue weighted by molar-refractivity contribution is 5.96. The monoisotopic (exact) mass is 408 g/mol. The van der Waals surface area contributed by atoms with E-state index in [1.807, 2.05) is 0 Å². The maximum Gasteiger partial charge on any atom is 0.260 e. The van der Waals surface area contributed by atoms with Gasteiger partial charge in [0.1, 0.15) is 17.6 Å². The van der Waals surface area contributed by atoms with Crippen LogP contribution in [0.5, 0.6) is 5.75 Å². The van der Waals surface area contributed by atoms with Crippen molar-refractivity contribution in [1.29, 1.82) is 0 Å². The number of hydrogen-bond acceptors (Lipinski definition) is 5. The second kappa shape index (κ2) is 7.15. The van der Waals surface area contributed by atoms with E-state index in [4.69, 9.17) is 19.8 Å². The van der Waals surface area contributed by atoms with Gasteiger partial charge >= 0.3 is 0 Å². The van der Waals surface area contributed by atoms with Crippen molar-refractivity contribution in [2.75, 3.05) is 12.8 Å². The van der Waals surface area contributed by atoms with Gasteiger partial charge in [-0.15, -0.1) is 5.10 Å². The van der Waals surface area contributed by atoms with Crippen molar-refractivity contribution in [1.82, 2.24) is 19.7 Å². The van der Waals surface area contributed by atoms with E-state index in [1.165, 1.54) is 27.8 Å². The largest absolute Gasteiger partial charge is 0.482 e. The first-order valence-electron chi connectivity index (χ1n) is 10.1. The maximum atomic E-state index is 14.0. The summed E-state index contributed by atoms with van der Waals surface area (Å²) in [7, 11) is 3.12. The number of amides is 1. The lowest BCUT2D eigenvalue weighted by Crippen LogP contribution is -2.28. The fourth-order valence-corrected chi connectivity index (χ4v) is 3.45. The summed E-state index contributed by atoms with van der Waals surface area (Å²) in [6.45, 7) is 9.17. The number of halogens is 1. The number of carbonyl (C=O) groups excluding carboxylic acids is 1. The summed E-state index contributed by atoms with van der Waals surface area (Å²) in [4.78, 5) is 22.1. The third-order valence-electron chi connectivity index (χ3n) is 4.91. The minimum atomic E-state index is -0.858. The predicted octanol–water partition coefficient (Wildman–Crippen LogP) is 3.48. The summed E-state index contributed by atoms with van der Waals surface area (Å²) in [6.07, 6.45) is -1.17. The maximum absolute atomic E-state index is 14.0. The SMILES string of the molecule is [2H]c1nc(N)c2c([2H])c1-c1c(nn(C)c1[N+]#[C-])CN(C)C(=O)c1ccc(F)cc1C(C)O2. The van der Waals surface area contributed by atoms with Gasteiger partial charge in [-0.2, -0.15) is 0 Å². The van der Waals surface area contributed by atoms with Crippen molar-refractivity contribution in [3.8, 4) is 16.9 Å². The van der Waals surface area contributed by atoms with Crippen LogP contribution in [0.25, 0.3) is 16.0 Å². The molecule has 1 aromatic carbocycles. The molecule has 1 amide bonds. The van der Waals surface area contributed by atoms with Crippen LogP contribution in [0.3, 0.4) is 0 Å². The topological polar surface area (TPSA) is 90.6 Å². The molecule has 1 atom stereocenters. The van der Waals surface area contributed by atoms with E-state index in [0.29, 0.717) is 5.69 Å². The average Bonchev–Trinajstić information content (AvgIpc) is 3.04. The first kappa shape index (κ1) is 17.0. The molecule has 0 radical (unpaired) electrons. The third kappa shape index (κ3) is 3.12. The zero-order valence-corrected chi connectivity index (χ0v) is 16.5. The van der Waals surface area contributed by atoms with Gasteiger partial charge in [0.15, 0.2) is 11.6 Å². The number of pyridine rings is 1. The zero-order valence-electron chi connectivity index (χ0n) is 18.5. The van der Waals surface area contributed by atoms with E-state index in [1.54, 1.807) is 21.0 Å². The molecule has 0 saturated heterocycles. The molecule has 8 nitrogen and oxygen atoms in total. The van der Waals surface area contributed by atoms with Gasteiger partial charge in [-0.05, 0) is 36.7 Å². The van der Waals surface area contributed by atoms with Gasteiger partial charge in [0.25, 0.3) is 11.7 Å². The second-order valence-electron chi connectivity index (χ2n) is 6.97. The minimum absolute atomic E-state index is 0.0117. The summed E-state index contributed by atoms with van der Waals surface area (Å²) in [5.41, 5.74) is 7.03. The van der Waals surface area contributed by atoms with Crippen LogP contribution < -0.4 is 10.5 Å². The van der Waals surface area contributed by atoms with Crippen molar-refractivity contribution >= 4 is 17.5 Å². The Bertz CT molecular complexity index is 1320. The number of aryl methyl sites for hydroxylation is 1. The highest BCUT2D eigenvalue weighted by Crippen LogP contribution is 2.38. The summed E-state index contributed by atoms with van der Waals surface area (Å²) in [5.74, 6) is -1.17. The van der Waals surface area contributed by atoms with Crippen molar-refractivity contribution in [3.05, 3.63) is 64.5 Å². The molecule has 4 rings (SSSR count). The predicted molar refractivity (Wildman–Crippen MR) is 108 cm³/mol. The highest BCUT2D eigenvalue weighted by Gasteiger charge is 2.27. The second-order valence-corrected chi connectivity index (χ2v) is 6.97. The van der Waals surface area contributed by atoms with Gasteiger partial charge < -0.3 is 20.2 Å². The Hall–Kier alpha value is -3.93. The van der Waals surface area contributed by atoms with Crippen LogP contribution in [0.1, 0.15) is 37.4 Å². The molecular formula is C21H19FN6O2. The molecule has 0 saturated carbocycles. The smallest absolute Gasteiger partial charge is 0.260 e. The summed E-state index contributed by atoms with van der Waals surface area (Å²) >= 11 is 0. The fraction of sp³-hybridized carbons (Fsp3) is 0.238. The van der Waals surface area contributed by atoms with Gasteiger partial charge in [-0.1, -0.05) is 6.57 Å². The van der Waals surface area contributed by atoms with E-state index >= 15 is 0 Å². The summed E-state index contributed by atoms with van der Waals surface area (Å²) in [6, 6.07) is 3.53. The number of fused-ring (bicyclic) bond motifs is 5. The molecule has 3 aromatic rings. The summed E-state index contributed by atoms with van der Waals surface area (Å²) in [5, 5.41) is 4.36. The quantitative estimate of drug-likeness (QED) is 0.575. The Morgan fingerprint density at radius 2 is 2.20 bits per heavy atom. The Morgan fingerprint density at radius 1 is 1.43 bits per heavy atom. The number of benzene rings is 1. The van der Waals surface area contributed by atoms with E-state index in [0.717, 1.165) is 0 Å². The molecule has 0 spiro atoms. The Balaban J connectivity index is 2.07. The Labute approximate surface area is 175 Å². The van der Waals surface area contributed by atoms with Crippen molar-refractivity contribution in [3.63, 3.8) is 0 Å². The number of carbonyl (C=O) groups is 1. The van der Waals surface area contributed by atoms with E-state index in [-0.39, 0.29) is 58.4 Å². The lowest BCUT2D eigenvalue weighted by atomic mass is 10.0. The molecule has 30 heavy (non-hydrogen) atoms. The zero-order chi connectivity index (χ0) is 23.3. The number of rotatable bonds is 0. The van der Waals surface area contributed by atoms with Crippen molar-refractivity contribution in [2.24, 2.45) is 7.05 Å². The van der Waals surface area contributed by atoms with Crippen LogP contribution >= 0.6 is 0 Å².